The number of nitriles is 1. The second-order valence-corrected chi connectivity index (χ2v) is 5.74. The molecular formula is C21H18N4O. The number of carbonyl (C=O) groups is 1. The maximum absolute atomic E-state index is 12.5. The summed E-state index contributed by atoms with van der Waals surface area (Å²) < 4.78 is 0. The Morgan fingerprint density at radius 1 is 1.08 bits per heavy atom. The molecule has 0 saturated carbocycles. The Labute approximate surface area is 152 Å². The molecule has 1 aromatic heterocycles. The first-order valence-corrected chi connectivity index (χ1v) is 8.31. The Morgan fingerprint density at radius 2 is 1.92 bits per heavy atom. The van der Waals surface area contributed by atoms with Crippen molar-refractivity contribution in [1.82, 2.24) is 4.98 Å². The number of hydrogen-bond acceptors (Lipinski definition) is 4. The second kappa shape index (κ2) is 7.95. The number of nitrogens with zero attached hydrogens (tertiary/aromatic N) is 2. The van der Waals surface area contributed by atoms with Crippen LogP contribution in [0.2, 0.25) is 0 Å². The fourth-order valence-corrected chi connectivity index (χ4v) is 2.61. The first-order chi connectivity index (χ1) is 12.7. The number of amides is 1. The summed E-state index contributed by atoms with van der Waals surface area (Å²) in [6, 6.07) is 18.6. The fraction of sp³-hybridized carbons (Fsp3) is 0.0952. The molecule has 0 aliphatic heterocycles. The lowest BCUT2D eigenvalue weighted by molar-refractivity contribution is 0.102. The second-order valence-electron chi connectivity index (χ2n) is 5.74. The number of pyridine rings is 1. The Hall–Kier alpha value is -3.65. The fourth-order valence-electron chi connectivity index (χ4n) is 2.61. The molecule has 2 aromatic carbocycles. The smallest absolute Gasteiger partial charge is 0.257 e. The van der Waals surface area contributed by atoms with Crippen molar-refractivity contribution in [2.24, 2.45) is 0 Å². The zero-order valence-electron chi connectivity index (χ0n) is 14.4. The summed E-state index contributed by atoms with van der Waals surface area (Å²) in [6.45, 7) is 2.10. The van der Waals surface area contributed by atoms with E-state index >= 15 is 0 Å². The number of benzene rings is 2. The molecule has 5 heteroatoms. The summed E-state index contributed by atoms with van der Waals surface area (Å²) >= 11 is 0. The highest BCUT2D eigenvalue weighted by Crippen LogP contribution is 2.21. The summed E-state index contributed by atoms with van der Waals surface area (Å²) in [4.78, 5) is 16.6. The number of carbonyl (C=O) groups excluding carboxylic acids is 1. The van der Waals surface area contributed by atoms with Gasteiger partial charge < -0.3 is 10.6 Å². The van der Waals surface area contributed by atoms with E-state index in [9.17, 15) is 4.79 Å². The van der Waals surface area contributed by atoms with Crippen molar-refractivity contribution in [3.8, 4) is 6.07 Å². The van der Waals surface area contributed by atoms with Gasteiger partial charge in [-0.2, -0.15) is 5.26 Å². The lowest BCUT2D eigenvalue weighted by Crippen LogP contribution is -2.12. The van der Waals surface area contributed by atoms with Crippen LogP contribution in [-0.2, 0) is 6.42 Å². The van der Waals surface area contributed by atoms with Gasteiger partial charge in [0.1, 0.15) is 0 Å². The molecule has 0 spiro atoms. The molecule has 0 aliphatic rings. The van der Waals surface area contributed by atoms with Gasteiger partial charge in [0.05, 0.1) is 29.1 Å². The molecule has 0 unspecified atom stereocenters. The molecule has 0 radical (unpaired) electrons. The molecular weight excluding hydrogens is 324 g/mol. The van der Waals surface area contributed by atoms with E-state index in [4.69, 9.17) is 5.26 Å². The minimum Gasteiger partial charge on any atom is -0.354 e. The molecule has 0 aliphatic carbocycles. The monoisotopic (exact) mass is 342 g/mol. The zero-order valence-corrected chi connectivity index (χ0v) is 14.4. The maximum atomic E-state index is 12.5. The number of para-hydroxylation sites is 1. The van der Waals surface area contributed by atoms with Crippen molar-refractivity contribution in [3.63, 3.8) is 0 Å². The van der Waals surface area contributed by atoms with Gasteiger partial charge in [-0.3, -0.25) is 9.78 Å². The molecule has 3 rings (SSSR count). The molecule has 5 nitrogen and oxygen atoms in total. The van der Waals surface area contributed by atoms with Crippen molar-refractivity contribution < 1.29 is 4.79 Å². The minimum atomic E-state index is -0.278. The maximum Gasteiger partial charge on any atom is 0.257 e. The summed E-state index contributed by atoms with van der Waals surface area (Å²) in [5.74, 6) is -0.278. The van der Waals surface area contributed by atoms with Crippen LogP contribution in [0.15, 0.2) is 67.0 Å². The Bertz CT molecular complexity index is 975. The van der Waals surface area contributed by atoms with E-state index in [0.717, 1.165) is 17.8 Å². The Kier molecular flexibility index (Phi) is 5.25. The van der Waals surface area contributed by atoms with Crippen LogP contribution in [0.5, 0.6) is 0 Å². The molecule has 128 valence electrons. The summed E-state index contributed by atoms with van der Waals surface area (Å²) in [5.41, 5.74) is 4.43. The van der Waals surface area contributed by atoms with Crippen molar-refractivity contribution in [2.45, 2.75) is 13.3 Å². The predicted molar refractivity (Wildman–Crippen MR) is 102 cm³/mol. The molecule has 3 aromatic rings. The van der Waals surface area contributed by atoms with Crippen molar-refractivity contribution in [2.75, 3.05) is 10.6 Å². The average molecular weight is 342 g/mol. The highest BCUT2D eigenvalue weighted by Gasteiger charge is 2.09. The molecule has 2 N–H and O–H groups in total. The van der Waals surface area contributed by atoms with Crippen LogP contribution in [0.1, 0.15) is 28.4 Å². The molecule has 0 fully saturated rings. The number of hydrogen-bond donors (Lipinski definition) is 2. The van der Waals surface area contributed by atoms with Gasteiger partial charge in [-0.05, 0) is 42.3 Å². The average Bonchev–Trinajstić information content (AvgIpc) is 2.69. The number of rotatable bonds is 5. The highest BCUT2D eigenvalue weighted by atomic mass is 16.1. The normalized spacial score (nSPS) is 10.0. The van der Waals surface area contributed by atoms with Gasteiger partial charge in [-0.15, -0.1) is 0 Å². The number of nitrogens with one attached hydrogen (secondary N) is 2. The van der Waals surface area contributed by atoms with Gasteiger partial charge in [-0.25, -0.2) is 0 Å². The number of aromatic nitrogens is 1. The lowest BCUT2D eigenvalue weighted by Gasteiger charge is -2.11. The third kappa shape index (κ3) is 4.05. The van der Waals surface area contributed by atoms with Crippen LogP contribution in [0.25, 0.3) is 0 Å². The molecule has 0 saturated heterocycles. The van der Waals surface area contributed by atoms with E-state index in [1.165, 1.54) is 11.8 Å². The van der Waals surface area contributed by atoms with Gasteiger partial charge in [0.25, 0.3) is 5.91 Å². The number of aryl methyl sites for hydroxylation is 1. The van der Waals surface area contributed by atoms with E-state index < -0.39 is 0 Å². The third-order valence-corrected chi connectivity index (χ3v) is 3.93. The quantitative estimate of drug-likeness (QED) is 0.715. The summed E-state index contributed by atoms with van der Waals surface area (Å²) in [5, 5.41) is 15.1. The van der Waals surface area contributed by atoms with E-state index in [0.29, 0.717) is 16.8 Å². The molecule has 0 atom stereocenters. The van der Waals surface area contributed by atoms with Crippen LogP contribution in [0, 0.1) is 11.3 Å². The summed E-state index contributed by atoms with van der Waals surface area (Å²) in [7, 11) is 0. The van der Waals surface area contributed by atoms with E-state index in [-0.39, 0.29) is 5.91 Å². The van der Waals surface area contributed by atoms with E-state index in [1.54, 1.807) is 36.5 Å². The van der Waals surface area contributed by atoms with Gasteiger partial charge in [-0.1, -0.05) is 31.2 Å². The molecule has 1 heterocycles. The molecule has 26 heavy (non-hydrogen) atoms. The van der Waals surface area contributed by atoms with Gasteiger partial charge >= 0.3 is 0 Å². The Morgan fingerprint density at radius 3 is 2.73 bits per heavy atom. The standard InChI is InChI=1S/C21H18N4O/c1-2-16-7-3-4-9-20(16)24-19-11-17(13-23-14-19)21(26)25-18-8-5-6-15(10-18)12-22/h3-11,13-14,24H,2H2,1H3,(H,25,26). The van der Waals surface area contributed by atoms with Crippen LogP contribution >= 0.6 is 0 Å². The molecule has 1 amide bonds. The SMILES string of the molecule is CCc1ccccc1Nc1cncc(C(=O)Nc2cccc(C#N)c2)c1. The van der Waals surface area contributed by atoms with Crippen molar-refractivity contribution in [3.05, 3.63) is 83.7 Å². The van der Waals surface area contributed by atoms with Gasteiger partial charge in [0.15, 0.2) is 0 Å². The largest absolute Gasteiger partial charge is 0.354 e. The highest BCUT2D eigenvalue weighted by molar-refractivity contribution is 6.04. The number of anilines is 3. The van der Waals surface area contributed by atoms with E-state index in [1.807, 2.05) is 18.2 Å². The zero-order chi connectivity index (χ0) is 18.4. The predicted octanol–water partition coefficient (Wildman–Crippen LogP) is 4.51. The molecule has 0 bridgehead atoms. The van der Waals surface area contributed by atoms with Crippen LogP contribution in [-0.4, -0.2) is 10.9 Å². The first kappa shape index (κ1) is 17.2. The first-order valence-electron chi connectivity index (χ1n) is 8.31. The summed E-state index contributed by atoms with van der Waals surface area (Å²) in [6.07, 6.45) is 4.10. The third-order valence-electron chi connectivity index (χ3n) is 3.93. The van der Waals surface area contributed by atoms with Gasteiger partial charge in [0, 0.05) is 17.6 Å². The minimum absolute atomic E-state index is 0.278. The topological polar surface area (TPSA) is 77.8 Å². The van der Waals surface area contributed by atoms with Crippen LogP contribution in [0.4, 0.5) is 17.1 Å². The van der Waals surface area contributed by atoms with Crippen molar-refractivity contribution in [1.29, 1.82) is 5.26 Å². The Balaban J connectivity index is 1.78. The van der Waals surface area contributed by atoms with Crippen LogP contribution in [0.3, 0.4) is 0 Å². The lowest BCUT2D eigenvalue weighted by atomic mass is 10.1. The van der Waals surface area contributed by atoms with Crippen molar-refractivity contribution >= 4 is 23.0 Å². The van der Waals surface area contributed by atoms with E-state index in [2.05, 4.69) is 34.7 Å². The van der Waals surface area contributed by atoms with Gasteiger partial charge in [0.2, 0.25) is 0 Å². The van der Waals surface area contributed by atoms with Crippen LogP contribution < -0.4 is 10.6 Å².